The molecular weight excluding hydrogens is 342 g/mol. The number of sulfonamides is 1. The maximum Gasteiger partial charge on any atom is 0.240 e. The lowest BCUT2D eigenvalue weighted by atomic mass is 10.2. The number of halogens is 1. The summed E-state index contributed by atoms with van der Waals surface area (Å²) in [5, 5.41) is 0.423. The summed E-state index contributed by atoms with van der Waals surface area (Å²) in [6, 6.07) is 8.26. The highest BCUT2D eigenvalue weighted by Gasteiger charge is 2.14. The van der Waals surface area contributed by atoms with E-state index in [1.807, 2.05) is 13.0 Å². The van der Waals surface area contributed by atoms with Gasteiger partial charge in [0.2, 0.25) is 10.0 Å². The van der Waals surface area contributed by atoms with Crippen LogP contribution in [0.4, 0.5) is 0 Å². The van der Waals surface area contributed by atoms with E-state index in [-0.39, 0.29) is 17.2 Å². The fraction of sp³-hybridized carbons (Fsp3) is 0.267. The molecule has 0 bridgehead atoms. The van der Waals surface area contributed by atoms with Gasteiger partial charge in [-0.1, -0.05) is 17.7 Å². The van der Waals surface area contributed by atoms with Crippen molar-refractivity contribution in [1.29, 1.82) is 0 Å². The molecule has 0 aliphatic heterocycles. The van der Waals surface area contributed by atoms with Crippen LogP contribution in [0.25, 0.3) is 0 Å². The van der Waals surface area contributed by atoms with Crippen LogP contribution in [0.15, 0.2) is 35.2 Å². The predicted octanol–water partition coefficient (Wildman–Crippen LogP) is 3.43. The molecule has 2 rings (SSSR count). The molecule has 0 spiro atoms. The maximum absolute atomic E-state index is 12.2. The molecule has 1 aromatic carbocycles. The molecule has 1 aromatic heterocycles. The predicted molar refractivity (Wildman–Crippen MR) is 89.4 cm³/mol. The number of Topliss-reactive ketones (excluding diaryl/α,β-unsaturated/α-hetero) is 1. The van der Waals surface area contributed by atoms with E-state index >= 15 is 0 Å². The van der Waals surface area contributed by atoms with Gasteiger partial charge in [0.25, 0.3) is 0 Å². The van der Waals surface area contributed by atoms with Crippen LogP contribution < -0.4 is 4.72 Å². The van der Waals surface area contributed by atoms with Crippen molar-refractivity contribution in [3.05, 3.63) is 50.7 Å². The summed E-state index contributed by atoms with van der Waals surface area (Å²) in [5.41, 5.74) is 0.830. The van der Waals surface area contributed by atoms with Crippen molar-refractivity contribution in [3.8, 4) is 0 Å². The minimum atomic E-state index is -3.58. The molecule has 0 aliphatic rings. The third kappa shape index (κ3) is 4.16. The third-order valence-corrected chi connectivity index (χ3v) is 6.24. The summed E-state index contributed by atoms with van der Waals surface area (Å²) in [5.74, 6) is 0.0196. The molecule has 0 saturated heterocycles. The van der Waals surface area contributed by atoms with Crippen LogP contribution in [-0.2, 0) is 16.4 Å². The molecule has 0 aliphatic carbocycles. The van der Waals surface area contributed by atoms with Gasteiger partial charge in [0, 0.05) is 16.4 Å². The Balaban J connectivity index is 2.00. The zero-order valence-corrected chi connectivity index (χ0v) is 14.6. The normalized spacial score (nSPS) is 11.6. The van der Waals surface area contributed by atoms with Gasteiger partial charge in [-0.05, 0) is 50.1 Å². The van der Waals surface area contributed by atoms with Gasteiger partial charge in [-0.15, -0.1) is 11.3 Å². The summed E-state index contributed by atoms with van der Waals surface area (Å²) in [6.07, 6.45) is 0.538. The van der Waals surface area contributed by atoms with Crippen LogP contribution >= 0.6 is 22.9 Å². The summed E-state index contributed by atoms with van der Waals surface area (Å²) < 4.78 is 26.9. The Hall–Kier alpha value is -1.21. The topological polar surface area (TPSA) is 63.2 Å². The summed E-state index contributed by atoms with van der Waals surface area (Å²) >= 11 is 7.35. The Morgan fingerprint density at radius 3 is 2.59 bits per heavy atom. The van der Waals surface area contributed by atoms with Gasteiger partial charge in [-0.2, -0.15) is 0 Å². The largest absolute Gasteiger partial charge is 0.294 e. The number of ketones is 1. The Morgan fingerprint density at radius 1 is 1.27 bits per heavy atom. The van der Waals surface area contributed by atoms with Gasteiger partial charge in [-0.3, -0.25) is 4.79 Å². The van der Waals surface area contributed by atoms with E-state index in [1.165, 1.54) is 30.4 Å². The van der Waals surface area contributed by atoms with Crippen molar-refractivity contribution in [1.82, 2.24) is 4.72 Å². The molecule has 0 saturated carbocycles. The van der Waals surface area contributed by atoms with E-state index in [4.69, 9.17) is 11.6 Å². The van der Waals surface area contributed by atoms with Crippen LogP contribution in [0.3, 0.4) is 0 Å². The zero-order chi connectivity index (χ0) is 16.3. The van der Waals surface area contributed by atoms with Crippen molar-refractivity contribution >= 4 is 38.7 Å². The Labute approximate surface area is 139 Å². The van der Waals surface area contributed by atoms with E-state index in [2.05, 4.69) is 4.72 Å². The Morgan fingerprint density at radius 2 is 2.00 bits per heavy atom. The molecule has 0 radical (unpaired) electrons. The number of hydrogen-bond acceptors (Lipinski definition) is 4. The molecule has 4 nitrogen and oxygen atoms in total. The van der Waals surface area contributed by atoms with E-state index in [1.54, 1.807) is 12.1 Å². The zero-order valence-electron chi connectivity index (χ0n) is 12.2. The summed E-state index contributed by atoms with van der Waals surface area (Å²) in [4.78, 5) is 13.0. The molecule has 1 N–H and O–H groups in total. The van der Waals surface area contributed by atoms with Crippen LogP contribution in [0, 0.1) is 6.92 Å². The molecule has 1 heterocycles. The smallest absolute Gasteiger partial charge is 0.240 e. The van der Waals surface area contributed by atoms with E-state index in [0.717, 1.165) is 10.4 Å². The molecule has 118 valence electrons. The molecular formula is C15H16ClNO3S2. The van der Waals surface area contributed by atoms with Gasteiger partial charge < -0.3 is 0 Å². The van der Waals surface area contributed by atoms with Crippen LogP contribution in [-0.4, -0.2) is 20.7 Å². The number of benzene rings is 1. The molecule has 0 unspecified atom stereocenters. The second-order valence-electron chi connectivity index (χ2n) is 4.88. The maximum atomic E-state index is 12.2. The minimum Gasteiger partial charge on any atom is -0.294 e. The van der Waals surface area contributed by atoms with Gasteiger partial charge in [0.1, 0.15) is 0 Å². The first-order valence-corrected chi connectivity index (χ1v) is 9.33. The SMILES string of the molecule is CC(=O)c1ccc(CCNS(=O)(=O)c2ccc(C)c(Cl)c2)s1. The lowest BCUT2D eigenvalue weighted by Crippen LogP contribution is -2.25. The number of rotatable bonds is 6. The van der Waals surface area contributed by atoms with Gasteiger partial charge in [0.05, 0.1) is 9.77 Å². The monoisotopic (exact) mass is 357 g/mol. The number of nitrogens with one attached hydrogen (secondary N) is 1. The Kier molecular flexibility index (Phi) is 5.39. The van der Waals surface area contributed by atoms with Crippen LogP contribution in [0.1, 0.15) is 27.0 Å². The first-order chi connectivity index (χ1) is 10.3. The van der Waals surface area contributed by atoms with Crippen molar-refractivity contribution in [2.24, 2.45) is 0 Å². The van der Waals surface area contributed by atoms with Crippen molar-refractivity contribution in [3.63, 3.8) is 0 Å². The van der Waals surface area contributed by atoms with Gasteiger partial charge >= 0.3 is 0 Å². The molecule has 7 heteroatoms. The molecule has 0 amide bonds. The quantitative estimate of drug-likeness (QED) is 0.805. The average Bonchev–Trinajstić information content (AvgIpc) is 2.90. The number of carbonyl (C=O) groups is 1. The highest BCUT2D eigenvalue weighted by molar-refractivity contribution is 7.89. The highest BCUT2D eigenvalue weighted by atomic mass is 35.5. The first-order valence-electron chi connectivity index (χ1n) is 6.65. The number of thiophene rings is 1. The molecule has 22 heavy (non-hydrogen) atoms. The third-order valence-electron chi connectivity index (χ3n) is 3.13. The minimum absolute atomic E-state index is 0.0196. The number of carbonyl (C=O) groups excluding carboxylic acids is 1. The first kappa shape index (κ1) is 17.1. The highest BCUT2D eigenvalue weighted by Crippen LogP contribution is 2.20. The van der Waals surface area contributed by atoms with Crippen molar-refractivity contribution in [2.75, 3.05) is 6.54 Å². The van der Waals surface area contributed by atoms with Crippen molar-refractivity contribution < 1.29 is 13.2 Å². The molecule has 0 atom stereocenters. The van der Waals surface area contributed by atoms with Crippen LogP contribution in [0.5, 0.6) is 0 Å². The molecule has 0 fully saturated rings. The second-order valence-corrected chi connectivity index (χ2v) is 8.22. The second kappa shape index (κ2) is 6.91. The van der Waals surface area contributed by atoms with E-state index in [0.29, 0.717) is 16.3 Å². The molecule has 2 aromatic rings. The number of hydrogen-bond donors (Lipinski definition) is 1. The van der Waals surface area contributed by atoms with Crippen molar-refractivity contribution in [2.45, 2.75) is 25.2 Å². The summed E-state index contributed by atoms with van der Waals surface area (Å²) in [6.45, 7) is 3.60. The van der Waals surface area contributed by atoms with E-state index < -0.39 is 10.0 Å². The fourth-order valence-corrected chi connectivity index (χ4v) is 4.04. The van der Waals surface area contributed by atoms with Gasteiger partial charge in [0.15, 0.2) is 5.78 Å². The fourth-order valence-electron chi connectivity index (χ4n) is 1.83. The number of aryl methyl sites for hydroxylation is 1. The summed E-state index contributed by atoms with van der Waals surface area (Å²) in [7, 11) is -3.58. The van der Waals surface area contributed by atoms with E-state index in [9.17, 15) is 13.2 Å². The van der Waals surface area contributed by atoms with Crippen LogP contribution in [0.2, 0.25) is 5.02 Å². The Bertz CT molecular complexity index is 797. The standard InChI is InChI=1S/C15H16ClNO3S2/c1-10-3-5-13(9-14(10)16)22(19,20)17-8-7-12-4-6-15(21-12)11(2)18/h3-6,9,17H,7-8H2,1-2H3. The van der Waals surface area contributed by atoms with Gasteiger partial charge in [-0.25, -0.2) is 13.1 Å². The lowest BCUT2D eigenvalue weighted by molar-refractivity contribution is 0.102. The lowest BCUT2D eigenvalue weighted by Gasteiger charge is -2.07. The average molecular weight is 358 g/mol.